The first-order valence-electron chi connectivity index (χ1n) is 8.65. The van der Waals surface area contributed by atoms with Gasteiger partial charge in [-0.3, -0.25) is 14.5 Å². The second-order valence-corrected chi connectivity index (χ2v) is 7.57. The predicted molar refractivity (Wildman–Crippen MR) is 101 cm³/mol. The average Bonchev–Trinajstić information content (AvgIpc) is 2.62. The topological polar surface area (TPSA) is 37.4 Å². The Balaban J connectivity index is 1.85. The molecule has 2 aliphatic rings. The van der Waals surface area contributed by atoms with Gasteiger partial charge in [0.25, 0.3) is 0 Å². The molecule has 4 rings (SSSR count). The van der Waals surface area contributed by atoms with Crippen LogP contribution in [0.15, 0.2) is 64.3 Å². The summed E-state index contributed by atoms with van der Waals surface area (Å²) in [4.78, 5) is 27.3. The van der Waals surface area contributed by atoms with Gasteiger partial charge in [-0.2, -0.15) is 0 Å². The van der Waals surface area contributed by atoms with Gasteiger partial charge in [-0.25, -0.2) is 4.39 Å². The highest BCUT2D eigenvalue weighted by molar-refractivity contribution is 9.10. The van der Waals surface area contributed by atoms with Crippen LogP contribution in [-0.2, 0) is 9.59 Å². The molecule has 0 saturated carbocycles. The molecule has 26 heavy (non-hydrogen) atoms. The Kier molecular flexibility index (Phi) is 4.49. The van der Waals surface area contributed by atoms with Crippen molar-refractivity contribution in [1.29, 1.82) is 0 Å². The van der Waals surface area contributed by atoms with Crippen molar-refractivity contribution in [1.82, 2.24) is 0 Å². The molecule has 0 N–H and O–H groups in total. The number of benzene rings is 2. The largest absolute Gasteiger partial charge is 0.294 e. The van der Waals surface area contributed by atoms with Crippen LogP contribution in [0.1, 0.15) is 37.2 Å². The van der Waals surface area contributed by atoms with Crippen molar-refractivity contribution in [3.05, 3.63) is 75.7 Å². The summed E-state index contributed by atoms with van der Waals surface area (Å²) < 4.78 is 14.7. The molecule has 2 aromatic carbocycles. The number of amides is 1. The van der Waals surface area contributed by atoms with Crippen LogP contribution in [0.25, 0.3) is 0 Å². The standard InChI is InChI=1S/C21H17BrFNO2/c22-14-9-7-13(8-10-14)17-12-20(26)24(16-4-1-3-15(23)11-16)18-5-2-6-19(25)21(17)18/h1,3-4,7-11,17H,2,5-6,12H2. The van der Waals surface area contributed by atoms with Gasteiger partial charge >= 0.3 is 0 Å². The lowest BCUT2D eigenvalue weighted by atomic mass is 9.77. The van der Waals surface area contributed by atoms with Crippen LogP contribution in [0, 0.1) is 5.82 Å². The Bertz CT molecular complexity index is 920. The van der Waals surface area contributed by atoms with Crippen molar-refractivity contribution in [2.45, 2.75) is 31.6 Å². The minimum Gasteiger partial charge on any atom is -0.294 e. The van der Waals surface area contributed by atoms with E-state index in [0.717, 1.165) is 15.7 Å². The number of rotatable bonds is 2. The maximum absolute atomic E-state index is 13.7. The van der Waals surface area contributed by atoms with E-state index in [2.05, 4.69) is 15.9 Å². The van der Waals surface area contributed by atoms with Gasteiger partial charge in [0.15, 0.2) is 5.78 Å². The molecule has 1 unspecified atom stereocenters. The van der Waals surface area contributed by atoms with Crippen LogP contribution in [0.2, 0.25) is 0 Å². The highest BCUT2D eigenvalue weighted by Crippen LogP contribution is 2.43. The highest BCUT2D eigenvalue weighted by Gasteiger charge is 2.39. The molecule has 0 fully saturated rings. The Morgan fingerprint density at radius 3 is 2.54 bits per heavy atom. The SMILES string of the molecule is O=C1CCCC2=C1C(c1ccc(Br)cc1)CC(=O)N2c1cccc(F)c1. The lowest BCUT2D eigenvalue weighted by Gasteiger charge is -2.38. The van der Waals surface area contributed by atoms with E-state index in [4.69, 9.17) is 0 Å². The zero-order valence-corrected chi connectivity index (χ0v) is 15.6. The Labute approximate surface area is 159 Å². The molecule has 0 aromatic heterocycles. The summed E-state index contributed by atoms with van der Waals surface area (Å²) in [6.07, 6.45) is 2.07. The van der Waals surface area contributed by atoms with Crippen LogP contribution in [0.4, 0.5) is 10.1 Å². The van der Waals surface area contributed by atoms with Gasteiger partial charge in [0, 0.05) is 34.5 Å². The maximum Gasteiger partial charge on any atom is 0.232 e. The van der Waals surface area contributed by atoms with Crippen molar-refractivity contribution >= 4 is 33.3 Å². The summed E-state index contributed by atoms with van der Waals surface area (Å²) in [6, 6.07) is 13.7. The van der Waals surface area contributed by atoms with Crippen molar-refractivity contribution < 1.29 is 14.0 Å². The summed E-state index contributed by atoms with van der Waals surface area (Å²) in [5.41, 5.74) is 2.90. The summed E-state index contributed by atoms with van der Waals surface area (Å²) in [6.45, 7) is 0. The smallest absolute Gasteiger partial charge is 0.232 e. The van der Waals surface area contributed by atoms with E-state index in [0.29, 0.717) is 30.5 Å². The second kappa shape index (κ2) is 6.80. The van der Waals surface area contributed by atoms with Crippen LogP contribution < -0.4 is 4.90 Å². The molecule has 0 radical (unpaired) electrons. The van der Waals surface area contributed by atoms with Gasteiger partial charge in [0.05, 0.1) is 5.69 Å². The van der Waals surface area contributed by atoms with E-state index < -0.39 is 5.82 Å². The van der Waals surface area contributed by atoms with E-state index in [1.165, 1.54) is 12.1 Å². The number of hydrogen-bond acceptors (Lipinski definition) is 2. The monoisotopic (exact) mass is 413 g/mol. The van der Waals surface area contributed by atoms with Crippen LogP contribution in [0.5, 0.6) is 0 Å². The number of allylic oxidation sites excluding steroid dienone is 2. The summed E-state index contributed by atoms with van der Waals surface area (Å²) in [5.74, 6) is -0.636. The number of nitrogens with zero attached hydrogens (tertiary/aromatic N) is 1. The molecule has 0 spiro atoms. The molecule has 0 saturated heterocycles. The number of anilines is 1. The number of Topliss-reactive ketones (excluding diaryl/α,β-unsaturated/α-hetero) is 1. The molecule has 3 nitrogen and oxygen atoms in total. The molecule has 1 aliphatic carbocycles. The van der Waals surface area contributed by atoms with Crippen molar-refractivity contribution in [2.75, 3.05) is 4.90 Å². The van der Waals surface area contributed by atoms with Crippen molar-refractivity contribution in [2.24, 2.45) is 0 Å². The quantitative estimate of drug-likeness (QED) is 0.685. The second-order valence-electron chi connectivity index (χ2n) is 6.65. The third-order valence-corrected chi connectivity index (χ3v) is 5.54. The molecule has 1 atom stereocenters. The summed E-state index contributed by atoms with van der Waals surface area (Å²) in [5, 5.41) is 0. The van der Waals surface area contributed by atoms with E-state index in [1.54, 1.807) is 17.0 Å². The van der Waals surface area contributed by atoms with Gasteiger partial charge in [-0.1, -0.05) is 34.1 Å². The molecule has 132 valence electrons. The molecule has 0 bridgehead atoms. The molecular weight excluding hydrogens is 397 g/mol. The summed E-state index contributed by atoms with van der Waals surface area (Å²) >= 11 is 3.42. The lowest BCUT2D eigenvalue weighted by molar-refractivity contribution is -0.119. The number of carbonyl (C=O) groups is 2. The molecule has 2 aromatic rings. The normalized spacial score (nSPS) is 20.4. The fraction of sp³-hybridized carbons (Fsp3) is 0.238. The Hall–Kier alpha value is -2.27. The number of ketones is 1. The average molecular weight is 414 g/mol. The molecule has 1 amide bonds. The molecule has 1 heterocycles. The maximum atomic E-state index is 13.7. The van der Waals surface area contributed by atoms with E-state index in [1.807, 2.05) is 24.3 Å². The van der Waals surface area contributed by atoms with Crippen LogP contribution in [-0.4, -0.2) is 11.7 Å². The van der Waals surface area contributed by atoms with Gasteiger partial charge in [0.1, 0.15) is 5.82 Å². The van der Waals surface area contributed by atoms with E-state index in [-0.39, 0.29) is 24.0 Å². The first-order chi connectivity index (χ1) is 12.5. The first kappa shape index (κ1) is 17.2. The van der Waals surface area contributed by atoms with Gasteiger partial charge in [0.2, 0.25) is 5.91 Å². The van der Waals surface area contributed by atoms with E-state index >= 15 is 0 Å². The molecule has 5 heteroatoms. The van der Waals surface area contributed by atoms with Gasteiger partial charge in [-0.15, -0.1) is 0 Å². The third kappa shape index (κ3) is 3.01. The van der Waals surface area contributed by atoms with Crippen LogP contribution >= 0.6 is 15.9 Å². The first-order valence-corrected chi connectivity index (χ1v) is 9.44. The fourth-order valence-corrected chi connectivity index (χ4v) is 4.15. The van der Waals surface area contributed by atoms with Gasteiger partial charge in [-0.05, 0) is 48.7 Å². The highest BCUT2D eigenvalue weighted by atomic mass is 79.9. The molecule has 1 aliphatic heterocycles. The number of halogens is 2. The minimum absolute atomic E-state index is 0.0908. The minimum atomic E-state index is -0.394. The lowest BCUT2D eigenvalue weighted by Crippen LogP contribution is -2.40. The number of hydrogen-bond donors (Lipinski definition) is 0. The van der Waals surface area contributed by atoms with Crippen molar-refractivity contribution in [3.63, 3.8) is 0 Å². The zero-order valence-electron chi connectivity index (χ0n) is 14.0. The number of carbonyl (C=O) groups excluding carboxylic acids is 2. The summed E-state index contributed by atoms with van der Waals surface area (Å²) in [7, 11) is 0. The third-order valence-electron chi connectivity index (χ3n) is 5.01. The van der Waals surface area contributed by atoms with Crippen molar-refractivity contribution in [3.8, 4) is 0 Å². The molecular formula is C21H17BrFNO2. The van der Waals surface area contributed by atoms with Crippen LogP contribution in [0.3, 0.4) is 0 Å². The van der Waals surface area contributed by atoms with E-state index in [9.17, 15) is 14.0 Å². The Morgan fingerprint density at radius 2 is 1.81 bits per heavy atom. The Morgan fingerprint density at radius 1 is 1.04 bits per heavy atom. The zero-order chi connectivity index (χ0) is 18.3. The van der Waals surface area contributed by atoms with Gasteiger partial charge < -0.3 is 0 Å². The predicted octanol–water partition coefficient (Wildman–Crippen LogP) is 5.12. The fourth-order valence-electron chi connectivity index (χ4n) is 3.89.